The number of carbonyl (C=O) groups is 1. The first-order chi connectivity index (χ1) is 14.1. The molecule has 1 amide bonds. The van der Waals surface area contributed by atoms with Crippen molar-refractivity contribution in [1.29, 1.82) is 0 Å². The topological polar surface area (TPSA) is 60.7 Å². The zero-order valence-electron chi connectivity index (χ0n) is 17.2. The average molecular weight is 393 g/mol. The van der Waals surface area contributed by atoms with Gasteiger partial charge in [0, 0.05) is 48.9 Å². The molecule has 0 aliphatic carbocycles. The Bertz CT molecular complexity index is 989. The minimum Gasteiger partial charge on any atom is -0.493 e. The molecule has 152 valence electrons. The molecule has 1 aromatic heterocycles. The van der Waals surface area contributed by atoms with Gasteiger partial charge in [-0.2, -0.15) is 0 Å². The van der Waals surface area contributed by atoms with Gasteiger partial charge < -0.3 is 19.2 Å². The van der Waals surface area contributed by atoms with Crippen molar-refractivity contribution in [3.8, 4) is 16.9 Å². The van der Waals surface area contributed by atoms with Gasteiger partial charge in [0.05, 0.1) is 12.9 Å². The quantitative estimate of drug-likeness (QED) is 0.408. The summed E-state index contributed by atoms with van der Waals surface area (Å²) in [5.74, 6) is 0.575. The van der Waals surface area contributed by atoms with Gasteiger partial charge in [0.1, 0.15) is 11.3 Å². The Morgan fingerprint density at radius 1 is 1.21 bits per heavy atom. The summed E-state index contributed by atoms with van der Waals surface area (Å²) in [5.41, 5.74) is 4.57. The van der Waals surface area contributed by atoms with Gasteiger partial charge in [-0.25, -0.2) is 0 Å². The lowest BCUT2D eigenvalue weighted by Gasteiger charge is -2.12. The summed E-state index contributed by atoms with van der Waals surface area (Å²) in [6, 6.07) is 14.0. The van der Waals surface area contributed by atoms with Gasteiger partial charge in [0.25, 0.3) is 0 Å². The molecule has 5 heteroatoms. The number of amides is 1. The second-order valence-electron chi connectivity index (χ2n) is 6.76. The van der Waals surface area contributed by atoms with E-state index in [0.29, 0.717) is 25.5 Å². The lowest BCUT2D eigenvalue weighted by molar-refractivity contribution is -0.116. The zero-order valence-corrected chi connectivity index (χ0v) is 17.2. The highest BCUT2D eigenvalue weighted by Gasteiger charge is 2.15. The molecule has 0 spiro atoms. The van der Waals surface area contributed by atoms with Gasteiger partial charge in [-0.15, -0.1) is 0 Å². The van der Waals surface area contributed by atoms with E-state index in [1.165, 1.54) is 0 Å². The number of furan rings is 1. The van der Waals surface area contributed by atoms with Crippen LogP contribution in [0, 0.1) is 0 Å². The monoisotopic (exact) mass is 393 g/mol. The molecular weight excluding hydrogens is 366 g/mol. The molecule has 1 heterocycles. The maximum atomic E-state index is 12.3. The minimum absolute atomic E-state index is 0.128. The number of methoxy groups -OCH3 is 1. The van der Waals surface area contributed by atoms with Crippen LogP contribution < -0.4 is 10.1 Å². The molecule has 0 fully saturated rings. The fourth-order valence-electron chi connectivity index (χ4n) is 3.23. The number of hydrogen-bond acceptors (Lipinski definition) is 4. The fraction of sp³-hybridized carbons (Fsp3) is 0.292. The van der Waals surface area contributed by atoms with E-state index >= 15 is 0 Å². The van der Waals surface area contributed by atoms with E-state index in [0.717, 1.165) is 39.7 Å². The van der Waals surface area contributed by atoms with Crippen LogP contribution in [0.4, 0.5) is 0 Å². The van der Waals surface area contributed by atoms with Crippen LogP contribution in [0.2, 0.25) is 0 Å². The molecule has 0 radical (unpaired) electrons. The van der Waals surface area contributed by atoms with Crippen LogP contribution in [0.3, 0.4) is 0 Å². The highest BCUT2D eigenvalue weighted by molar-refractivity contribution is 6.00. The van der Waals surface area contributed by atoms with E-state index in [4.69, 9.17) is 13.9 Å². The first-order valence-corrected chi connectivity index (χ1v) is 9.83. The number of fused-ring (bicyclic) bond motifs is 1. The Hall–Kier alpha value is -3.05. The van der Waals surface area contributed by atoms with Crippen LogP contribution in [0.25, 0.3) is 27.7 Å². The normalized spacial score (nSPS) is 11.6. The minimum atomic E-state index is -0.128. The maximum absolute atomic E-state index is 12.3. The molecule has 0 saturated heterocycles. The van der Waals surface area contributed by atoms with Crippen molar-refractivity contribution in [3.05, 3.63) is 60.4 Å². The Balaban J connectivity index is 1.95. The fourth-order valence-corrected chi connectivity index (χ4v) is 3.23. The van der Waals surface area contributed by atoms with Crippen molar-refractivity contribution in [2.45, 2.75) is 20.3 Å². The number of nitrogens with one attached hydrogen (secondary N) is 1. The highest BCUT2D eigenvalue weighted by atomic mass is 16.5. The van der Waals surface area contributed by atoms with Crippen molar-refractivity contribution in [3.63, 3.8) is 0 Å². The number of rotatable bonds is 9. The lowest BCUT2D eigenvalue weighted by Crippen LogP contribution is -2.23. The van der Waals surface area contributed by atoms with Crippen LogP contribution >= 0.6 is 0 Å². The predicted molar refractivity (Wildman–Crippen MR) is 116 cm³/mol. The third-order valence-electron chi connectivity index (χ3n) is 4.66. The third kappa shape index (κ3) is 5.06. The Morgan fingerprint density at radius 3 is 2.72 bits per heavy atom. The van der Waals surface area contributed by atoms with E-state index in [1.54, 1.807) is 19.4 Å². The molecule has 0 saturated carbocycles. The second kappa shape index (κ2) is 9.94. The summed E-state index contributed by atoms with van der Waals surface area (Å²) in [4.78, 5) is 12.3. The number of ether oxygens (including phenoxy) is 2. The molecule has 5 nitrogen and oxygen atoms in total. The Labute approximate surface area is 171 Å². The number of benzene rings is 2. The SMILES string of the molecule is CCOc1cc2occ(-c3ccccc3)c2cc1/C(C)=C/C(=O)NCCCOC. The van der Waals surface area contributed by atoms with E-state index in [1.807, 2.05) is 44.2 Å². The van der Waals surface area contributed by atoms with Crippen LogP contribution in [0.15, 0.2) is 59.2 Å². The van der Waals surface area contributed by atoms with Crippen LogP contribution in [0.1, 0.15) is 25.8 Å². The summed E-state index contributed by atoms with van der Waals surface area (Å²) in [6.45, 7) is 5.58. The maximum Gasteiger partial charge on any atom is 0.244 e. The zero-order chi connectivity index (χ0) is 20.6. The standard InChI is InChI=1S/C24H27NO4/c1-4-28-22-15-23-20(21(16-29-23)18-9-6-5-7-10-18)14-19(22)17(2)13-24(26)25-11-8-12-27-3/h5-7,9-10,13-16H,4,8,11-12H2,1-3H3,(H,25,26)/b17-13+. The highest BCUT2D eigenvalue weighted by Crippen LogP contribution is 2.37. The Kier molecular flexibility index (Phi) is 7.09. The van der Waals surface area contributed by atoms with E-state index in [9.17, 15) is 4.79 Å². The number of allylic oxidation sites excluding steroid dienone is 1. The molecule has 1 N–H and O–H groups in total. The van der Waals surface area contributed by atoms with Crippen molar-refractivity contribution in [2.24, 2.45) is 0 Å². The second-order valence-corrected chi connectivity index (χ2v) is 6.76. The van der Waals surface area contributed by atoms with Gasteiger partial charge in [-0.1, -0.05) is 30.3 Å². The van der Waals surface area contributed by atoms with Crippen molar-refractivity contribution >= 4 is 22.4 Å². The number of hydrogen-bond donors (Lipinski definition) is 1. The van der Waals surface area contributed by atoms with E-state index < -0.39 is 0 Å². The smallest absolute Gasteiger partial charge is 0.244 e. The summed E-state index contributed by atoms with van der Waals surface area (Å²) in [5, 5.41) is 3.87. The third-order valence-corrected chi connectivity index (χ3v) is 4.66. The van der Waals surface area contributed by atoms with Crippen molar-refractivity contribution in [1.82, 2.24) is 5.32 Å². The van der Waals surface area contributed by atoms with Crippen LogP contribution in [-0.4, -0.2) is 32.8 Å². The van der Waals surface area contributed by atoms with Crippen molar-refractivity contribution < 1.29 is 18.7 Å². The summed E-state index contributed by atoms with van der Waals surface area (Å²) in [6.07, 6.45) is 4.15. The molecule has 0 aliphatic rings. The molecule has 0 unspecified atom stereocenters. The summed E-state index contributed by atoms with van der Waals surface area (Å²) >= 11 is 0. The van der Waals surface area contributed by atoms with Gasteiger partial charge in [0.15, 0.2) is 0 Å². The van der Waals surface area contributed by atoms with E-state index in [2.05, 4.69) is 17.4 Å². The van der Waals surface area contributed by atoms with Gasteiger partial charge in [-0.3, -0.25) is 4.79 Å². The molecule has 0 atom stereocenters. The lowest BCUT2D eigenvalue weighted by atomic mass is 9.99. The summed E-state index contributed by atoms with van der Waals surface area (Å²) in [7, 11) is 1.65. The summed E-state index contributed by atoms with van der Waals surface area (Å²) < 4.78 is 16.6. The molecule has 2 aromatic carbocycles. The van der Waals surface area contributed by atoms with Gasteiger partial charge >= 0.3 is 0 Å². The Morgan fingerprint density at radius 2 is 2.00 bits per heavy atom. The van der Waals surface area contributed by atoms with Gasteiger partial charge in [0.2, 0.25) is 5.91 Å². The molecule has 3 rings (SSSR count). The molecule has 3 aromatic rings. The molecular formula is C24H27NO4. The van der Waals surface area contributed by atoms with Crippen LogP contribution in [-0.2, 0) is 9.53 Å². The average Bonchev–Trinajstić information content (AvgIpc) is 3.14. The predicted octanol–water partition coefficient (Wildman–Crippen LogP) is 5.05. The van der Waals surface area contributed by atoms with Crippen LogP contribution in [0.5, 0.6) is 5.75 Å². The molecule has 29 heavy (non-hydrogen) atoms. The molecule has 0 bridgehead atoms. The first-order valence-electron chi connectivity index (χ1n) is 9.83. The largest absolute Gasteiger partial charge is 0.493 e. The number of carbonyl (C=O) groups excluding carboxylic acids is 1. The van der Waals surface area contributed by atoms with E-state index in [-0.39, 0.29) is 5.91 Å². The first kappa shape index (κ1) is 20.7. The van der Waals surface area contributed by atoms with Gasteiger partial charge in [-0.05, 0) is 37.5 Å². The van der Waals surface area contributed by atoms with Crippen molar-refractivity contribution in [2.75, 3.05) is 26.9 Å². The molecule has 0 aliphatic heterocycles.